The molecule has 0 aliphatic heterocycles. The number of carbonyl (C=O) groups is 2. The summed E-state index contributed by atoms with van der Waals surface area (Å²) in [4.78, 5) is 27.9. The number of sulfonamides is 1. The maximum absolute atomic E-state index is 13.4. The fourth-order valence-electron chi connectivity index (χ4n) is 3.49. The van der Waals surface area contributed by atoms with Gasteiger partial charge in [-0.1, -0.05) is 67.8 Å². The van der Waals surface area contributed by atoms with Crippen molar-refractivity contribution in [1.82, 2.24) is 14.5 Å². The third-order valence-electron chi connectivity index (χ3n) is 5.60. The lowest BCUT2D eigenvalue weighted by molar-refractivity contribution is -0.141. The van der Waals surface area contributed by atoms with Crippen LogP contribution in [-0.4, -0.2) is 55.6 Å². The molecule has 1 N–H and O–H groups in total. The number of halogens is 1. The molecule has 0 spiro atoms. The van der Waals surface area contributed by atoms with Gasteiger partial charge < -0.3 is 10.2 Å². The smallest absolute Gasteiger partial charge is 0.243 e. The minimum Gasteiger partial charge on any atom is -0.354 e. The zero-order valence-electron chi connectivity index (χ0n) is 20.3. The van der Waals surface area contributed by atoms with Crippen molar-refractivity contribution in [3.05, 3.63) is 64.7 Å². The van der Waals surface area contributed by atoms with Gasteiger partial charge in [0.25, 0.3) is 0 Å². The average Bonchev–Trinajstić information content (AvgIpc) is 2.80. The van der Waals surface area contributed by atoms with E-state index in [1.165, 1.54) is 24.1 Å². The topological polar surface area (TPSA) is 86.8 Å². The molecule has 0 aromatic heterocycles. The maximum atomic E-state index is 13.4. The largest absolute Gasteiger partial charge is 0.354 e. The van der Waals surface area contributed by atoms with Gasteiger partial charge in [-0.25, -0.2) is 8.42 Å². The molecule has 34 heavy (non-hydrogen) atoms. The summed E-state index contributed by atoms with van der Waals surface area (Å²) < 4.78 is 27.0. The Morgan fingerprint density at radius 1 is 1.06 bits per heavy atom. The van der Waals surface area contributed by atoms with Gasteiger partial charge in [-0.05, 0) is 43.5 Å². The van der Waals surface area contributed by atoms with Crippen molar-refractivity contribution in [1.29, 1.82) is 0 Å². The Hall–Kier alpha value is -2.42. The van der Waals surface area contributed by atoms with Crippen LogP contribution in [0.25, 0.3) is 0 Å². The highest BCUT2D eigenvalue weighted by atomic mass is 35.5. The van der Waals surface area contributed by atoms with E-state index in [4.69, 9.17) is 11.6 Å². The van der Waals surface area contributed by atoms with Gasteiger partial charge in [0.05, 0.1) is 11.4 Å². The summed E-state index contributed by atoms with van der Waals surface area (Å²) in [5.74, 6) is -0.740. The van der Waals surface area contributed by atoms with Gasteiger partial charge in [-0.15, -0.1) is 0 Å². The molecule has 186 valence electrons. The molecule has 0 aliphatic carbocycles. The normalized spacial score (nSPS) is 12.4. The van der Waals surface area contributed by atoms with Gasteiger partial charge in [0.2, 0.25) is 21.8 Å². The number of aryl methyl sites for hydroxylation is 1. The molecule has 7 nitrogen and oxygen atoms in total. The zero-order valence-corrected chi connectivity index (χ0v) is 21.8. The maximum Gasteiger partial charge on any atom is 0.243 e. The first-order valence-electron chi connectivity index (χ1n) is 11.4. The van der Waals surface area contributed by atoms with E-state index in [9.17, 15) is 18.0 Å². The van der Waals surface area contributed by atoms with Crippen LogP contribution in [0.3, 0.4) is 0 Å². The molecule has 2 amide bonds. The van der Waals surface area contributed by atoms with Crippen LogP contribution in [0.15, 0.2) is 53.4 Å². The molecule has 0 heterocycles. The quantitative estimate of drug-likeness (QED) is 0.440. The van der Waals surface area contributed by atoms with Crippen LogP contribution in [0.5, 0.6) is 0 Å². The fraction of sp³-hybridized carbons (Fsp3) is 0.440. The third-order valence-corrected chi connectivity index (χ3v) is 7.79. The molecule has 0 saturated heterocycles. The molecule has 2 rings (SSSR count). The van der Waals surface area contributed by atoms with Crippen molar-refractivity contribution in [2.24, 2.45) is 0 Å². The molecular formula is C25H34ClN3O4S. The molecular weight excluding hydrogens is 474 g/mol. The predicted molar refractivity (Wildman–Crippen MR) is 135 cm³/mol. The lowest BCUT2D eigenvalue weighted by Crippen LogP contribution is -2.51. The minimum absolute atomic E-state index is 0.0939. The molecule has 0 radical (unpaired) electrons. The second-order valence-electron chi connectivity index (χ2n) is 8.26. The van der Waals surface area contributed by atoms with E-state index in [-0.39, 0.29) is 17.3 Å². The van der Waals surface area contributed by atoms with Gasteiger partial charge in [0.15, 0.2) is 0 Å². The van der Waals surface area contributed by atoms with Crippen LogP contribution in [0.2, 0.25) is 5.02 Å². The Labute approximate surface area is 208 Å². The second kappa shape index (κ2) is 12.9. The highest BCUT2D eigenvalue weighted by molar-refractivity contribution is 7.89. The summed E-state index contributed by atoms with van der Waals surface area (Å²) in [5.41, 5.74) is 1.62. The van der Waals surface area contributed by atoms with Gasteiger partial charge >= 0.3 is 0 Å². The number of hydrogen-bond donors (Lipinski definition) is 1. The standard InChI is InChI=1S/C25H34ClN3O4S/c1-5-7-16-27-25(31)23(6-2)29(17-20-10-8-9-11-22(20)26)24(30)18-28(4)34(32,33)21-14-12-19(3)13-15-21/h8-15,23H,5-7,16-18H2,1-4H3,(H,27,31)/t23-/m0/s1. The van der Waals surface area contributed by atoms with Crippen molar-refractivity contribution in [3.8, 4) is 0 Å². The molecule has 0 bridgehead atoms. The van der Waals surface area contributed by atoms with Gasteiger partial charge in [-0.3, -0.25) is 9.59 Å². The Bertz CT molecular complexity index is 1070. The highest BCUT2D eigenvalue weighted by Gasteiger charge is 2.32. The Morgan fingerprint density at radius 3 is 2.29 bits per heavy atom. The van der Waals surface area contributed by atoms with Crippen LogP contribution >= 0.6 is 11.6 Å². The van der Waals surface area contributed by atoms with E-state index in [1.54, 1.807) is 36.4 Å². The number of hydrogen-bond acceptors (Lipinski definition) is 4. The fourth-order valence-corrected chi connectivity index (χ4v) is 4.81. The van der Waals surface area contributed by atoms with E-state index in [0.717, 1.165) is 22.7 Å². The summed E-state index contributed by atoms with van der Waals surface area (Å²) in [7, 11) is -2.51. The van der Waals surface area contributed by atoms with Gasteiger partial charge in [-0.2, -0.15) is 4.31 Å². The zero-order chi connectivity index (χ0) is 25.3. The summed E-state index contributed by atoms with van der Waals surface area (Å²) in [5, 5.41) is 3.36. The molecule has 0 fully saturated rings. The number of likely N-dealkylation sites (N-methyl/N-ethyl adjacent to an activating group) is 1. The van der Waals surface area contributed by atoms with E-state index in [0.29, 0.717) is 23.6 Å². The summed E-state index contributed by atoms with van der Waals surface area (Å²) in [6, 6.07) is 12.8. The second-order valence-corrected chi connectivity index (χ2v) is 10.7. The van der Waals surface area contributed by atoms with Gasteiger partial charge in [0.1, 0.15) is 6.04 Å². The van der Waals surface area contributed by atoms with E-state index < -0.39 is 28.5 Å². The highest BCUT2D eigenvalue weighted by Crippen LogP contribution is 2.21. The monoisotopic (exact) mass is 507 g/mol. The summed E-state index contributed by atoms with van der Waals surface area (Å²) >= 11 is 6.33. The van der Waals surface area contributed by atoms with Crippen molar-refractivity contribution in [2.75, 3.05) is 20.1 Å². The molecule has 0 unspecified atom stereocenters. The van der Waals surface area contributed by atoms with Crippen molar-refractivity contribution in [2.45, 2.75) is 57.5 Å². The Balaban J connectivity index is 2.30. The van der Waals surface area contributed by atoms with Gasteiger partial charge in [0, 0.05) is 25.2 Å². The Kier molecular flexibility index (Phi) is 10.5. The lowest BCUT2D eigenvalue weighted by atomic mass is 10.1. The predicted octanol–water partition coefficient (Wildman–Crippen LogP) is 3.99. The van der Waals surface area contributed by atoms with Crippen LogP contribution in [0.4, 0.5) is 0 Å². The van der Waals surface area contributed by atoms with Crippen LogP contribution in [0, 0.1) is 6.92 Å². The Morgan fingerprint density at radius 2 is 1.71 bits per heavy atom. The third kappa shape index (κ3) is 7.29. The molecule has 2 aromatic carbocycles. The van der Waals surface area contributed by atoms with Crippen LogP contribution < -0.4 is 5.32 Å². The van der Waals surface area contributed by atoms with Crippen LogP contribution in [-0.2, 0) is 26.2 Å². The van der Waals surface area contributed by atoms with Crippen molar-refractivity contribution >= 4 is 33.4 Å². The molecule has 1 atom stereocenters. The first-order valence-corrected chi connectivity index (χ1v) is 13.3. The SMILES string of the molecule is CCCCNC(=O)[C@H](CC)N(Cc1ccccc1Cl)C(=O)CN(C)S(=O)(=O)c1ccc(C)cc1. The number of carbonyl (C=O) groups excluding carboxylic acids is 2. The number of unbranched alkanes of at least 4 members (excludes halogenated alkanes) is 1. The summed E-state index contributed by atoms with van der Waals surface area (Å²) in [6.07, 6.45) is 2.14. The first-order chi connectivity index (χ1) is 16.1. The number of amides is 2. The van der Waals surface area contributed by atoms with E-state index >= 15 is 0 Å². The molecule has 0 saturated carbocycles. The van der Waals surface area contributed by atoms with E-state index in [2.05, 4.69) is 5.32 Å². The number of rotatable bonds is 12. The average molecular weight is 508 g/mol. The number of benzene rings is 2. The first kappa shape index (κ1) is 27.8. The number of nitrogens with one attached hydrogen (secondary N) is 1. The van der Waals surface area contributed by atoms with E-state index in [1.807, 2.05) is 20.8 Å². The minimum atomic E-state index is -3.88. The lowest BCUT2D eigenvalue weighted by Gasteiger charge is -2.32. The van der Waals surface area contributed by atoms with Crippen LogP contribution in [0.1, 0.15) is 44.2 Å². The molecule has 0 aliphatic rings. The molecule has 9 heteroatoms. The van der Waals surface area contributed by atoms with Crippen molar-refractivity contribution in [3.63, 3.8) is 0 Å². The molecule has 2 aromatic rings. The summed E-state index contributed by atoms with van der Waals surface area (Å²) in [6.45, 7) is 5.93. The van der Waals surface area contributed by atoms with Crippen molar-refractivity contribution < 1.29 is 18.0 Å². The number of nitrogens with zero attached hydrogens (tertiary/aromatic N) is 2.